The van der Waals surface area contributed by atoms with Crippen LogP contribution in [0.3, 0.4) is 0 Å². The number of methoxy groups -OCH3 is 1. The summed E-state index contributed by atoms with van der Waals surface area (Å²) in [4.78, 5) is 19.6. The zero-order chi connectivity index (χ0) is 22.8. The fraction of sp³-hybridized carbons (Fsp3) is 0.600. The molecule has 33 heavy (non-hydrogen) atoms. The van der Waals surface area contributed by atoms with Crippen LogP contribution in [-0.2, 0) is 11.3 Å². The van der Waals surface area contributed by atoms with Crippen molar-refractivity contribution in [1.29, 1.82) is 0 Å². The highest BCUT2D eigenvalue weighted by Crippen LogP contribution is 2.28. The Bertz CT molecular complexity index is 833. The largest absolute Gasteiger partial charge is 0.493 e. The van der Waals surface area contributed by atoms with E-state index < -0.39 is 0 Å². The molecule has 1 aliphatic carbocycles. The molecule has 3 rings (SSSR count). The molecule has 1 aromatic rings. The van der Waals surface area contributed by atoms with E-state index in [1.54, 1.807) is 7.11 Å². The van der Waals surface area contributed by atoms with E-state index in [-0.39, 0.29) is 42.5 Å². The lowest BCUT2D eigenvalue weighted by molar-refractivity contribution is -0.135. The average molecular weight is 569 g/mol. The minimum atomic E-state index is 0. The van der Waals surface area contributed by atoms with Gasteiger partial charge in [0.1, 0.15) is 6.61 Å². The molecule has 182 valence electrons. The molecule has 1 atom stereocenters. The van der Waals surface area contributed by atoms with Crippen LogP contribution in [0.2, 0.25) is 0 Å². The Morgan fingerprint density at radius 2 is 2.03 bits per heavy atom. The highest BCUT2D eigenvalue weighted by Gasteiger charge is 2.31. The zero-order valence-electron chi connectivity index (χ0n) is 19.8. The molecular weight excluding hydrogens is 531 g/mol. The monoisotopic (exact) mass is 568 g/mol. The van der Waals surface area contributed by atoms with Crippen LogP contribution >= 0.6 is 24.0 Å². The average Bonchev–Trinajstić information content (AvgIpc) is 3.30. The van der Waals surface area contributed by atoms with Crippen molar-refractivity contribution in [2.75, 3.05) is 33.4 Å². The topological polar surface area (TPSA) is 75.2 Å². The van der Waals surface area contributed by atoms with E-state index in [2.05, 4.69) is 16.6 Å². The number of carbonyl (C=O) groups is 1. The van der Waals surface area contributed by atoms with Crippen molar-refractivity contribution in [2.24, 2.45) is 10.9 Å². The number of guanidine groups is 1. The van der Waals surface area contributed by atoms with Crippen molar-refractivity contribution in [3.8, 4) is 23.8 Å². The predicted molar refractivity (Wildman–Crippen MR) is 142 cm³/mol. The summed E-state index contributed by atoms with van der Waals surface area (Å²) in [6, 6.07) is 5.95. The molecule has 7 nitrogen and oxygen atoms in total. The van der Waals surface area contributed by atoms with E-state index in [0.29, 0.717) is 24.0 Å². The minimum Gasteiger partial charge on any atom is -0.493 e. The molecule has 0 bridgehead atoms. The van der Waals surface area contributed by atoms with Gasteiger partial charge in [-0.3, -0.25) is 4.79 Å². The summed E-state index contributed by atoms with van der Waals surface area (Å²) in [6.07, 6.45) is 12.0. The molecule has 0 aromatic heterocycles. The van der Waals surface area contributed by atoms with Crippen LogP contribution in [0.4, 0.5) is 0 Å². The molecule has 2 aliphatic rings. The van der Waals surface area contributed by atoms with Gasteiger partial charge in [-0.15, -0.1) is 30.4 Å². The number of hydrogen-bond donors (Lipinski definition) is 2. The van der Waals surface area contributed by atoms with Gasteiger partial charge in [-0.05, 0) is 43.9 Å². The second kappa shape index (κ2) is 14.2. The Hall–Kier alpha value is -2.15. The Kier molecular flexibility index (Phi) is 11.6. The Balaban J connectivity index is 0.00000385. The van der Waals surface area contributed by atoms with Gasteiger partial charge in [0, 0.05) is 31.6 Å². The lowest BCUT2D eigenvalue weighted by Crippen LogP contribution is -2.45. The number of carbonyl (C=O) groups excluding carboxylic acids is 1. The normalized spacial score (nSPS) is 18.8. The second-order valence-electron chi connectivity index (χ2n) is 8.42. The van der Waals surface area contributed by atoms with Crippen molar-refractivity contribution in [2.45, 2.75) is 58.0 Å². The van der Waals surface area contributed by atoms with Crippen LogP contribution < -0.4 is 20.1 Å². The first-order chi connectivity index (χ1) is 15.6. The quantitative estimate of drug-likeness (QED) is 0.217. The summed E-state index contributed by atoms with van der Waals surface area (Å²) in [7, 11) is 1.60. The number of likely N-dealkylation sites (tertiary alicyclic amines) is 1. The van der Waals surface area contributed by atoms with E-state index in [0.717, 1.165) is 50.4 Å². The van der Waals surface area contributed by atoms with Gasteiger partial charge in [0.05, 0.1) is 13.7 Å². The number of nitrogens with zero attached hydrogens (tertiary/aromatic N) is 2. The van der Waals surface area contributed by atoms with E-state index in [9.17, 15) is 4.79 Å². The molecule has 0 radical (unpaired) electrons. The van der Waals surface area contributed by atoms with Gasteiger partial charge in [0.15, 0.2) is 17.5 Å². The van der Waals surface area contributed by atoms with Crippen molar-refractivity contribution in [1.82, 2.24) is 15.5 Å². The second-order valence-corrected chi connectivity index (χ2v) is 8.42. The van der Waals surface area contributed by atoms with Gasteiger partial charge in [-0.25, -0.2) is 4.99 Å². The molecular formula is C25H37IN4O3. The summed E-state index contributed by atoms with van der Waals surface area (Å²) in [5, 5.41) is 6.82. The maximum atomic E-state index is 12.8. The standard InChI is InChI=1S/C25H36N4O3.HI/c1-4-15-32-23-16-19(11-12-22(23)31-3)17-27-25(26-5-2)28-21-13-14-29(18-21)24(30)20-9-7-6-8-10-20;/h1,11-12,16,20-21H,5-10,13-15,17-18H2,2-3H3,(H2,26,27,28);1H. The first kappa shape index (κ1) is 27.1. The molecule has 1 aliphatic heterocycles. The van der Waals surface area contributed by atoms with Gasteiger partial charge in [-0.1, -0.05) is 31.2 Å². The first-order valence-corrected chi connectivity index (χ1v) is 11.7. The number of amides is 1. The van der Waals surface area contributed by atoms with Crippen LogP contribution in [0.15, 0.2) is 23.2 Å². The minimum absolute atomic E-state index is 0. The van der Waals surface area contributed by atoms with Crippen LogP contribution in [-0.4, -0.2) is 56.2 Å². The maximum Gasteiger partial charge on any atom is 0.225 e. The summed E-state index contributed by atoms with van der Waals surface area (Å²) < 4.78 is 10.9. The first-order valence-electron chi connectivity index (χ1n) is 11.7. The van der Waals surface area contributed by atoms with Gasteiger partial charge in [-0.2, -0.15) is 0 Å². The number of hydrogen-bond acceptors (Lipinski definition) is 4. The number of rotatable bonds is 8. The molecule has 1 heterocycles. The molecule has 0 spiro atoms. The van der Waals surface area contributed by atoms with Gasteiger partial charge < -0.3 is 25.0 Å². The Morgan fingerprint density at radius 3 is 2.73 bits per heavy atom. The summed E-state index contributed by atoms with van der Waals surface area (Å²) in [5.74, 6) is 5.06. The van der Waals surface area contributed by atoms with E-state index in [4.69, 9.17) is 20.9 Å². The van der Waals surface area contributed by atoms with Crippen molar-refractivity contribution in [3.05, 3.63) is 23.8 Å². The van der Waals surface area contributed by atoms with Gasteiger partial charge in [0.2, 0.25) is 5.91 Å². The Morgan fingerprint density at radius 1 is 1.24 bits per heavy atom. The fourth-order valence-corrected chi connectivity index (χ4v) is 4.42. The van der Waals surface area contributed by atoms with E-state index in [1.807, 2.05) is 30.0 Å². The molecule has 1 amide bonds. The molecule has 1 saturated heterocycles. The summed E-state index contributed by atoms with van der Waals surface area (Å²) >= 11 is 0. The molecule has 2 fully saturated rings. The van der Waals surface area contributed by atoms with E-state index in [1.165, 1.54) is 19.3 Å². The fourth-order valence-electron chi connectivity index (χ4n) is 4.42. The SMILES string of the molecule is C#CCOc1cc(CN=C(NCC)NC2CCN(C(=O)C3CCCCC3)C2)ccc1OC.I. The van der Waals surface area contributed by atoms with Gasteiger partial charge in [0.25, 0.3) is 0 Å². The Labute approximate surface area is 215 Å². The van der Waals surface area contributed by atoms with Crippen LogP contribution in [0.1, 0.15) is 51.0 Å². The maximum absolute atomic E-state index is 12.8. The van der Waals surface area contributed by atoms with Crippen molar-refractivity contribution >= 4 is 35.8 Å². The predicted octanol–water partition coefficient (Wildman–Crippen LogP) is 3.56. The lowest BCUT2D eigenvalue weighted by atomic mass is 9.88. The third kappa shape index (κ3) is 7.98. The van der Waals surface area contributed by atoms with Crippen LogP contribution in [0, 0.1) is 18.3 Å². The highest BCUT2D eigenvalue weighted by molar-refractivity contribution is 14.0. The number of benzene rings is 1. The lowest BCUT2D eigenvalue weighted by Gasteiger charge is -2.26. The molecule has 8 heteroatoms. The number of halogens is 1. The third-order valence-electron chi connectivity index (χ3n) is 6.10. The van der Waals surface area contributed by atoms with E-state index >= 15 is 0 Å². The zero-order valence-corrected chi connectivity index (χ0v) is 22.1. The smallest absolute Gasteiger partial charge is 0.225 e. The van der Waals surface area contributed by atoms with Crippen molar-refractivity contribution in [3.63, 3.8) is 0 Å². The number of ether oxygens (including phenoxy) is 2. The summed E-state index contributed by atoms with van der Waals surface area (Å²) in [5.41, 5.74) is 0.996. The number of terminal acetylenes is 1. The van der Waals surface area contributed by atoms with Crippen molar-refractivity contribution < 1.29 is 14.3 Å². The van der Waals surface area contributed by atoms with Crippen LogP contribution in [0.25, 0.3) is 0 Å². The number of aliphatic imine (C=N–C) groups is 1. The third-order valence-corrected chi connectivity index (χ3v) is 6.10. The van der Waals surface area contributed by atoms with Crippen LogP contribution in [0.5, 0.6) is 11.5 Å². The molecule has 1 saturated carbocycles. The van der Waals surface area contributed by atoms with Gasteiger partial charge >= 0.3 is 0 Å². The molecule has 2 N–H and O–H groups in total. The highest BCUT2D eigenvalue weighted by atomic mass is 127. The number of nitrogens with one attached hydrogen (secondary N) is 2. The summed E-state index contributed by atoms with van der Waals surface area (Å²) in [6.45, 7) is 5.05. The molecule has 1 aromatic carbocycles. The molecule has 1 unspecified atom stereocenters.